The number of carbonyl (C=O) groups is 1. The van der Waals surface area contributed by atoms with Gasteiger partial charge in [0, 0.05) is 6.92 Å². The van der Waals surface area contributed by atoms with Crippen molar-refractivity contribution in [2.24, 2.45) is 0 Å². The third kappa shape index (κ3) is 5.46. The lowest BCUT2D eigenvalue weighted by molar-refractivity contribution is -0.496. The Balaban J connectivity index is 5.14. The summed E-state index contributed by atoms with van der Waals surface area (Å²) in [5, 5.41) is 0. The number of hydrogen-bond donors (Lipinski definition) is 0. The highest BCUT2D eigenvalue weighted by Gasteiger charge is 2.70. The molecule has 0 radical (unpaired) electrons. The fourth-order valence-electron chi connectivity index (χ4n) is 0.712. The van der Waals surface area contributed by atoms with Crippen LogP contribution < -0.4 is 0 Å². The van der Waals surface area contributed by atoms with Crippen LogP contribution in [-0.4, -0.2) is 36.4 Å². The van der Waals surface area contributed by atoms with E-state index in [0.29, 0.717) is 0 Å². The van der Waals surface area contributed by atoms with Crippen LogP contribution in [0.2, 0.25) is 0 Å². The molecule has 0 N–H and O–H groups in total. The van der Waals surface area contributed by atoms with E-state index in [2.05, 4.69) is 4.74 Å². The first-order valence-corrected chi connectivity index (χ1v) is 4.81. The number of halogens is 11. The minimum atomic E-state index is -6.53. The highest BCUT2D eigenvalue weighted by molar-refractivity contribution is 5.70. The smallest absolute Gasteiger partial charge is 0.394 e. The third-order valence-electron chi connectivity index (χ3n) is 1.69. The molecule has 0 atom stereocenters. The average molecular weight is 358 g/mol. The molecule has 22 heavy (non-hydrogen) atoms. The molecular weight excluding hydrogens is 353 g/mol. The zero-order chi connectivity index (χ0) is 18.2. The maximum absolute atomic E-state index is 12.7. The molecule has 0 spiro atoms. The van der Waals surface area contributed by atoms with Crippen LogP contribution in [-0.2, 0) is 14.3 Å². The topological polar surface area (TPSA) is 35.5 Å². The quantitative estimate of drug-likeness (QED) is 0.533. The molecule has 0 aromatic carbocycles. The molecule has 0 amide bonds. The summed E-state index contributed by atoms with van der Waals surface area (Å²) in [5.41, 5.74) is 0. The van der Waals surface area contributed by atoms with Crippen molar-refractivity contribution < 1.29 is 62.6 Å². The van der Waals surface area contributed by atoms with Gasteiger partial charge in [-0.2, -0.15) is 48.3 Å². The van der Waals surface area contributed by atoms with Gasteiger partial charge in [0.2, 0.25) is 0 Å². The van der Waals surface area contributed by atoms with E-state index in [-0.39, 0.29) is 0 Å². The van der Waals surface area contributed by atoms with Gasteiger partial charge in [-0.25, -0.2) is 4.74 Å². The van der Waals surface area contributed by atoms with Crippen molar-refractivity contribution in [1.29, 1.82) is 0 Å². The van der Waals surface area contributed by atoms with E-state index in [1.807, 2.05) is 4.74 Å². The number of rotatable bonds is 6. The Morgan fingerprint density at radius 3 is 1.50 bits per heavy atom. The molecule has 0 aliphatic rings. The van der Waals surface area contributed by atoms with Gasteiger partial charge in [-0.1, -0.05) is 0 Å². The molecule has 0 aromatic heterocycles. The van der Waals surface area contributed by atoms with Crippen LogP contribution in [0.4, 0.5) is 48.3 Å². The molecule has 0 aliphatic carbocycles. The normalized spacial score (nSPS) is 14.9. The Hall–Kier alpha value is -1.34. The van der Waals surface area contributed by atoms with Gasteiger partial charge in [0.25, 0.3) is 0 Å². The summed E-state index contributed by atoms with van der Waals surface area (Å²) in [7, 11) is 0. The summed E-state index contributed by atoms with van der Waals surface area (Å²) in [6.45, 7) is -0.656. The van der Waals surface area contributed by atoms with E-state index in [1.165, 1.54) is 0 Å². The molecule has 0 saturated carbocycles. The fraction of sp³-hybridized carbons (Fsp3) is 0.875. The molecule has 0 unspecified atom stereocenters. The first kappa shape index (κ1) is 20.7. The summed E-state index contributed by atoms with van der Waals surface area (Å²) in [4.78, 5) is 10.3. The van der Waals surface area contributed by atoms with Crippen LogP contribution in [0.1, 0.15) is 13.3 Å². The number of alkyl halides is 11. The summed E-state index contributed by atoms with van der Waals surface area (Å²) in [6.07, 6.45) is -27.2. The van der Waals surface area contributed by atoms with Gasteiger partial charge in [-0.05, 0) is 0 Å². The van der Waals surface area contributed by atoms with E-state index in [9.17, 15) is 53.1 Å². The zero-order valence-corrected chi connectivity index (χ0v) is 10.1. The minimum Gasteiger partial charge on any atom is -0.394 e. The zero-order valence-electron chi connectivity index (χ0n) is 10.1. The number of hydrogen-bond acceptors (Lipinski definition) is 3. The van der Waals surface area contributed by atoms with Gasteiger partial charge in [0.05, 0.1) is 0 Å². The second-order valence-corrected chi connectivity index (χ2v) is 3.81. The maximum Gasteiger partial charge on any atom is 0.496 e. The minimum absolute atomic E-state index is 0.656. The molecular formula is C8H5F11O3. The van der Waals surface area contributed by atoms with E-state index in [0.717, 1.165) is 0 Å². The Kier molecular flexibility index (Phi) is 5.35. The summed E-state index contributed by atoms with van der Waals surface area (Å²) < 4.78 is 139. The van der Waals surface area contributed by atoms with Crippen LogP contribution in [0.5, 0.6) is 0 Å². The first-order chi connectivity index (χ1) is 9.31. The van der Waals surface area contributed by atoms with Gasteiger partial charge in [-0.15, -0.1) is 0 Å². The van der Waals surface area contributed by atoms with Crippen molar-refractivity contribution >= 4 is 5.97 Å². The first-order valence-electron chi connectivity index (χ1n) is 4.81. The average Bonchev–Trinajstić information content (AvgIpc) is 2.07. The highest BCUT2D eigenvalue weighted by atomic mass is 19.4. The monoisotopic (exact) mass is 358 g/mol. The van der Waals surface area contributed by atoms with E-state index in [1.54, 1.807) is 0 Å². The molecule has 132 valence electrons. The third-order valence-corrected chi connectivity index (χ3v) is 1.69. The van der Waals surface area contributed by atoms with Crippen molar-refractivity contribution in [1.82, 2.24) is 0 Å². The van der Waals surface area contributed by atoms with Crippen LogP contribution in [0.25, 0.3) is 0 Å². The lowest BCUT2D eigenvalue weighted by Gasteiger charge is -2.30. The van der Waals surface area contributed by atoms with Crippen molar-refractivity contribution in [3.05, 3.63) is 0 Å². The van der Waals surface area contributed by atoms with Gasteiger partial charge >= 0.3 is 36.4 Å². The molecule has 0 fully saturated rings. The fourth-order valence-corrected chi connectivity index (χ4v) is 0.712. The maximum atomic E-state index is 12.7. The molecule has 0 aliphatic heterocycles. The molecule has 0 aromatic rings. The second-order valence-electron chi connectivity index (χ2n) is 3.81. The standard InChI is InChI=1S/C8H5F11O3/c1-4(9,10)6(14,15)22-8(18,19)7(16,17)21-3(20)2-5(11,12)13/h2H2,1H3. The lowest BCUT2D eigenvalue weighted by Crippen LogP contribution is -2.54. The Morgan fingerprint density at radius 2 is 1.18 bits per heavy atom. The van der Waals surface area contributed by atoms with Crippen LogP contribution >= 0.6 is 0 Å². The molecule has 0 saturated heterocycles. The predicted octanol–water partition coefficient (Wildman–Crippen LogP) is 3.93. The van der Waals surface area contributed by atoms with Crippen molar-refractivity contribution in [2.75, 3.05) is 0 Å². The summed E-state index contributed by atoms with van der Waals surface area (Å²) in [6, 6.07) is 0. The van der Waals surface area contributed by atoms with E-state index in [4.69, 9.17) is 0 Å². The van der Waals surface area contributed by atoms with Gasteiger partial charge in [-0.3, -0.25) is 4.79 Å². The predicted molar refractivity (Wildman–Crippen MR) is 43.3 cm³/mol. The van der Waals surface area contributed by atoms with Gasteiger partial charge in [0.15, 0.2) is 0 Å². The molecule has 0 rings (SSSR count). The van der Waals surface area contributed by atoms with Crippen molar-refractivity contribution in [3.63, 3.8) is 0 Å². The van der Waals surface area contributed by atoms with Gasteiger partial charge < -0.3 is 4.74 Å². The Morgan fingerprint density at radius 1 is 0.773 bits per heavy atom. The number of esters is 1. The van der Waals surface area contributed by atoms with Gasteiger partial charge in [0.1, 0.15) is 6.42 Å². The number of ether oxygens (including phenoxy) is 2. The van der Waals surface area contributed by atoms with Crippen molar-refractivity contribution in [2.45, 2.75) is 43.8 Å². The largest absolute Gasteiger partial charge is 0.496 e. The molecule has 3 nitrogen and oxygen atoms in total. The Bertz CT molecular complexity index is 409. The SMILES string of the molecule is CC(F)(F)C(F)(F)OC(F)(F)C(F)(F)OC(=O)CC(F)(F)F. The Labute approximate surface area is 114 Å². The molecule has 0 bridgehead atoms. The second kappa shape index (κ2) is 5.70. The van der Waals surface area contributed by atoms with Crippen LogP contribution in [0.3, 0.4) is 0 Å². The van der Waals surface area contributed by atoms with Crippen LogP contribution in [0.15, 0.2) is 0 Å². The molecule has 14 heteroatoms. The number of carbonyl (C=O) groups excluding carboxylic acids is 1. The lowest BCUT2D eigenvalue weighted by atomic mass is 10.3. The van der Waals surface area contributed by atoms with Crippen molar-refractivity contribution in [3.8, 4) is 0 Å². The van der Waals surface area contributed by atoms with E-state index < -0.39 is 49.7 Å². The summed E-state index contributed by atoms with van der Waals surface area (Å²) >= 11 is 0. The molecule has 0 heterocycles. The van der Waals surface area contributed by atoms with Crippen LogP contribution in [0, 0.1) is 0 Å². The summed E-state index contributed by atoms with van der Waals surface area (Å²) in [5.74, 6) is -8.31. The highest BCUT2D eigenvalue weighted by Crippen LogP contribution is 2.45. The van der Waals surface area contributed by atoms with E-state index >= 15 is 0 Å².